The number of carbonyl (C=O) groups is 1. The first-order chi connectivity index (χ1) is 13.2. The van der Waals surface area contributed by atoms with Crippen LogP contribution in [0.15, 0.2) is 23.0 Å². The number of H-pyrrole nitrogens is 1. The molecule has 1 amide bonds. The van der Waals surface area contributed by atoms with E-state index in [4.69, 9.17) is 9.78 Å². The van der Waals surface area contributed by atoms with Gasteiger partial charge in [0.05, 0.1) is 17.3 Å². The molecule has 4 heterocycles. The Balaban J connectivity index is 1.65. The summed E-state index contributed by atoms with van der Waals surface area (Å²) in [5.41, 5.74) is 2.33. The van der Waals surface area contributed by atoms with Crippen LogP contribution >= 0.6 is 0 Å². The molecule has 4 rings (SSSR count). The maximum Gasteiger partial charge on any atom is 0.261 e. The molecule has 0 saturated carbocycles. The lowest BCUT2D eigenvalue weighted by molar-refractivity contribution is -0.131. The van der Waals surface area contributed by atoms with Gasteiger partial charge in [-0.1, -0.05) is 5.16 Å². The summed E-state index contributed by atoms with van der Waals surface area (Å²) in [6.07, 6.45) is 5.25. The second kappa shape index (κ2) is 7.07. The van der Waals surface area contributed by atoms with E-state index in [1.54, 1.807) is 18.0 Å². The van der Waals surface area contributed by atoms with Gasteiger partial charge in [0.15, 0.2) is 5.82 Å². The number of piperidine rings is 1. The fourth-order valence-corrected chi connectivity index (χ4v) is 3.44. The molecule has 0 aromatic carbocycles. The largest absolute Gasteiger partial charge is 0.379 e. The molecule has 27 heavy (non-hydrogen) atoms. The lowest BCUT2D eigenvalue weighted by atomic mass is 10.0. The van der Waals surface area contributed by atoms with Crippen LogP contribution in [0, 0.1) is 18.3 Å². The number of fused-ring (bicyclic) bond motifs is 1. The van der Waals surface area contributed by atoms with E-state index in [0.717, 1.165) is 35.1 Å². The topological polar surface area (TPSA) is 124 Å². The van der Waals surface area contributed by atoms with E-state index in [1.165, 1.54) is 0 Å². The first-order valence-corrected chi connectivity index (χ1v) is 8.83. The highest BCUT2D eigenvalue weighted by atomic mass is 16.5. The van der Waals surface area contributed by atoms with Crippen LogP contribution in [0.2, 0.25) is 0 Å². The zero-order valence-corrected chi connectivity index (χ0v) is 14.9. The Labute approximate surface area is 155 Å². The molecule has 0 aliphatic carbocycles. The summed E-state index contributed by atoms with van der Waals surface area (Å²) in [7, 11) is 0. The van der Waals surface area contributed by atoms with Gasteiger partial charge in [-0.15, -0.1) is 0 Å². The molecule has 0 radical (unpaired) electrons. The predicted molar refractivity (Wildman–Crippen MR) is 97.6 cm³/mol. The zero-order valence-electron chi connectivity index (χ0n) is 14.9. The Morgan fingerprint density at radius 2 is 2.44 bits per heavy atom. The standard InChI is InChI=1S/C18H19N7O2/c1-11-22-18(27-24-11)14-9-21-17-13(5-7-20-17)16(14)23-12-3-2-8-25(10-12)15(26)4-6-19/h5,7,9,12H,2-4,8,10H2,1H3,(H2,20,21,23). The highest BCUT2D eigenvalue weighted by molar-refractivity contribution is 5.97. The molecule has 3 aromatic rings. The van der Waals surface area contributed by atoms with Crippen molar-refractivity contribution in [1.82, 2.24) is 25.0 Å². The summed E-state index contributed by atoms with van der Waals surface area (Å²) in [6.45, 7) is 3.00. The summed E-state index contributed by atoms with van der Waals surface area (Å²) in [6, 6.07) is 3.93. The van der Waals surface area contributed by atoms with Crippen LogP contribution in [0.25, 0.3) is 22.5 Å². The number of nitriles is 1. The number of likely N-dealkylation sites (tertiary alicyclic amines) is 1. The molecule has 0 spiro atoms. The van der Waals surface area contributed by atoms with E-state index >= 15 is 0 Å². The Morgan fingerprint density at radius 1 is 1.56 bits per heavy atom. The number of carbonyl (C=O) groups excluding carboxylic acids is 1. The maximum atomic E-state index is 12.1. The quantitative estimate of drug-likeness (QED) is 0.726. The van der Waals surface area contributed by atoms with Gasteiger partial charge in [0.1, 0.15) is 12.1 Å². The lowest BCUT2D eigenvalue weighted by Crippen LogP contribution is -2.45. The first kappa shape index (κ1) is 17.0. The van der Waals surface area contributed by atoms with Gasteiger partial charge in [-0.3, -0.25) is 4.79 Å². The van der Waals surface area contributed by atoms with Gasteiger partial charge in [-0.05, 0) is 25.8 Å². The van der Waals surface area contributed by atoms with Gasteiger partial charge in [0.25, 0.3) is 5.89 Å². The molecule has 1 atom stereocenters. The average molecular weight is 365 g/mol. The molecule has 1 aliphatic heterocycles. The predicted octanol–water partition coefficient (Wildman–Crippen LogP) is 2.24. The second-order valence-corrected chi connectivity index (χ2v) is 6.59. The van der Waals surface area contributed by atoms with Crippen LogP contribution in [-0.4, -0.2) is 50.0 Å². The average Bonchev–Trinajstić information content (AvgIpc) is 3.31. The van der Waals surface area contributed by atoms with E-state index in [-0.39, 0.29) is 18.4 Å². The van der Waals surface area contributed by atoms with Crippen molar-refractivity contribution in [3.8, 4) is 17.5 Å². The van der Waals surface area contributed by atoms with Gasteiger partial charge >= 0.3 is 0 Å². The van der Waals surface area contributed by atoms with Gasteiger partial charge in [0.2, 0.25) is 5.91 Å². The van der Waals surface area contributed by atoms with Crippen molar-refractivity contribution in [2.45, 2.75) is 32.2 Å². The number of aromatic nitrogens is 4. The van der Waals surface area contributed by atoms with E-state index in [9.17, 15) is 4.79 Å². The number of rotatable bonds is 4. The number of nitrogens with zero attached hydrogens (tertiary/aromatic N) is 5. The Bertz CT molecular complexity index is 1020. The minimum absolute atomic E-state index is 0.0599. The molecule has 3 aromatic heterocycles. The molecule has 1 aliphatic rings. The van der Waals surface area contributed by atoms with E-state index in [0.29, 0.717) is 24.8 Å². The zero-order chi connectivity index (χ0) is 18.8. The Morgan fingerprint density at radius 3 is 3.22 bits per heavy atom. The third-order valence-electron chi connectivity index (χ3n) is 4.70. The molecule has 138 valence electrons. The van der Waals surface area contributed by atoms with Crippen molar-refractivity contribution in [2.24, 2.45) is 0 Å². The van der Waals surface area contributed by atoms with Crippen LogP contribution in [-0.2, 0) is 4.79 Å². The first-order valence-electron chi connectivity index (χ1n) is 8.83. The smallest absolute Gasteiger partial charge is 0.261 e. The summed E-state index contributed by atoms with van der Waals surface area (Å²) in [5.74, 6) is 0.827. The van der Waals surface area contributed by atoms with Crippen molar-refractivity contribution in [1.29, 1.82) is 5.26 Å². The van der Waals surface area contributed by atoms with E-state index in [1.807, 2.05) is 18.3 Å². The maximum absolute atomic E-state index is 12.1. The fraction of sp³-hybridized carbons (Fsp3) is 0.389. The van der Waals surface area contributed by atoms with Crippen LogP contribution in [0.1, 0.15) is 25.1 Å². The number of hydrogen-bond donors (Lipinski definition) is 2. The van der Waals surface area contributed by atoms with Crippen LogP contribution in [0.5, 0.6) is 0 Å². The van der Waals surface area contributed by atoms with E-state index in [2.05, 4.69) is 25.4 Å². The van der Waals surface area contributed by atoms with Crippen molar-refractivity contribution < 1.29 is 9.32 Å². The molecular formula is C18H19N7O2. The molecule has 9 nitrogen and oxygen atoms in total. The lowest BCUT2D eigenvalue weighted by Gasteiger charge is -2.33. The molecule has 1 saturated heterocycles. The number of amides is 1. The summed E-state index contributed by atoms with van der Waals surface area (Å²) in [5, 5.41) is 17.1. The van der Waals surface area contributed by atoms with Crippen molar-refractivity contribution in [3.63, 3.8) is 0 Å². The minimum atomic E-state index is -0.127. The number of aryl methyl sites for hydroxylation is 1. The van der Waals surface area contributed by atoms with Crippen LogP contribution in [0.3, 0.4) is 0 Å². The van der Waals surface area contributed by atoms with Gasteiger partial charge < -0.3 is 19.7 Å². The number of anilines is 1. The van der Waals surface area contributed by atoms with Crippen molar-refractivity contribution in [3.05, 3.63) is 24.3 Å². The third-order valence-corrected chi connectivity index (χ3v) is 4.70. The highest BCUT2D eigenvalue weighted by Crippen LogP contribution is 2.33. The number of aromatic amines is 1. The summed E-state index contributed by atoms with van der Waals surface area (Å²) < 4.78 is 5.35. The van der Waals surface area contributed by atoms with Crippen molar-refractivity contribution >= 4 is 22.6 Å². The fourth-order valence-electron chi connectivity index (χ4n) is 3.44. The van der Waals surface area contributed by atoms with Gasteiger partial charge in [-0.25, -0.2) is 4.98 Å². The summed E-state index contributed by atoms with van der Waals surface area (Å²) in [4.78, 5) is 25.7. The van der Waals surface area contributed by atoms with Crippen LogP contribution < -0.4 is 5.32 Å². The molecule has 9 heteroatoms. The number of hydrogen-bond acceptors (Lipinski definition) is 7. The molecule has 1 unspecified atom stereocenters. The molecule has 1 fully saturated rings. The Hall–Kier alpha value is -3.41. The van der Waals surface area contributed by atoms with Crippen molar-refractivity contribution in [2.75, 3.05) is 18.4 Å². The van der Waals surface area contributed by atoms with E-state index < -0.39 is 0 Å². The van der Waals surface area contributed by atoms with Crippen LogP contribution in [0.4, 0.5) is 5.69 Å². The Kier molecular flexibility index (Phi) is 4.46. The monoisotopic (exact) mass is 365 g/mol. The third kappa shape index (κ3) is 3.33. The molecule has 2 N–H and O–H groups in total. The van der Waals surface area contributed by atoms with Gasteiger partial charge in [-0.2, -0.15) is 10.2 Å². The minimum Gasteiger partial charge on any atom is -0.379 e. The second-order valence-electron chi connectivity index (χ2n) is 6.59. The number of pyridine rings is 1. The summed E-state index contributed by atoms with van der Waals surface area (Å²) >= 11 is 0. The SMILES string of the molecule is Cc1noc(-c2cnc3[nH]ccc3c2NC2CCCN(C(=O)CC#N)C2)n1. The highest BCUT2D eigenvalue weighted by Gasteiger charge is 2.25. The molecule has 0 bridgehead atoms. The normalized spacial score (nSPS) is 17.0. The number of nitrogens with one attached hydrogen (secondary N) is 2. The molecular weight excluding hydrogens is 346 g/mol. The van der Waals surface area contributed by atoms with Gasteiger partial charge in [0, 0.05) is 36.9 Å².